The number of nitrogens with zero attached hydrogens (tertiary/aromatic N) is 2. The van der Waals surface area contributed by atoms with E-state index in [0.29, 0.717) is 11.4 Å². The van der Waals surface area contributed by atoms with Crippen molar-refractivity contribution in [2.24, 2.45) is 0 Å². The predicted octanol–water partition coefficient (Wildman–Crippen LogP) is 2.21. The van der Waals surface area contributed by atoms with E-state index in [0.717, 1.165) is 11.5 Å². The van der Waals surface area contributed by atoms with E-state index in [-0.39, 0.29) is 5.82 Å². The number of benzene rings is 1. The zero-order valence-electron chi connectivity index (χ0n) is 8.66. The van der Waals surface area contributed by atoms with Crippen LogP contribution in [0.1, 0.15) is 11.5 Å². The predicted molar refractivity (Wildman–Crippen MR) is 57.4 cm³/mol. The van der Waals surface area contributed by atoms with Crippen LogP contribution in [0.25, 0.3) is 5.69 Å². The van der Waals surface area contributed by atoms with E-state index in [1.807, 2.05) is 13.8 Å². The highest BCUT2D eigenvalue weighted by Gasteiger charge is 2.08. The van der Waals surface area contributed by atoms with E-state index < -0.39 is 0 Å². The number of aromatic nitrogens is 2. The fourth-order valence-electron chi connectivity index (χ4n) is 1.58. The third kappa shape index (κ3) is 1.70. The summed E-state index contributed by atoms with van der Waals surface area (Å²) in [5.74, 6) is 0.423. The lowest BCUT2D eigenvalue weighted by atomic mass is 10.2. The Morgan fingerprint density at radius 3 is 2.60 bits per heavy atom. The molecule has 0 aliphatic heterocycles. The van der Waals surface area contributed by atoms with E-state index >= 15 is 0 Å². The molecule has 2 aromatic rings. The summed E-state index contributed by atoms with van der Waals surface area (Å²) in [6.45, 7) is 3.71. The van der Waals surface area contributed by atoms with Gasteiger partial charge in [-0.3, -0.25) is 0 Å². The number of hydrogen-bond donors (Lipinski definition) is 1. The fraction of sp³-hybridized carbons (Fsp3) is 0.182. The SMILES string of the molecule is Cc1cn(-c2ccc(N)cc2F)c(C)n1. The van der Waals surface area contributed by atoms with Crippen molar-refractivity contribution < 1.29 is 4.39 Å². The number of imidazole rings is 1. The molecule has 1 aromatic heterocycles. The van der Waals surface area contributed by atoms with Gasteiger partial charge < -0.3 is 10.3 Å². The summed E-state index contributed by atoms with van der Waals surface area (Å²) in [6.07, 6.45) is 1.80. The molecule has 1 aromatic carbocycles. The Morgan fingerprint density at radius 2 is 2.07 bits per heavy atom. The van der Waals surface area contributed by atoms with Crippen LogP contribution in [0.5, 0.6) is 0 Å². The highest BCUT2D eigenvalue weighted by Crippen LogP contribution is 2.18. The summed E-state index contributed by atoms with van der Waals surface area (Å²) in [7, 11) is 0. The maximum absolute atomic E-state index is 13.6. The summed E-state index contributed by atoms with van der Waals surface area (Å²) in [5, 5.41) is 0. The average Bonchev–Trinajstić information content (AvgIpc) is 2.45. The molecule has 2 rings (SSSR count). The molecular formula is C11H12FN3. The molecule has 0 bridgehead atoms. The van der Waals surface area contributed by atoms with E-state index in [4.69, 9.17) is 5.73 Å². The van der Waals surface area contributed by atoms with Gasteiger partial charge in [0.05, 0.1) is 11.4 Å². The molecule has 4 heteroatoms. The van der Waals surface area contributed by atoms with Crippen molar-refractivity contribution in [1.82, 2.24) is 9.55 Å². The third-order valence-corrected chi connectivity index (χ3v) is 2.23. The van der Waals surface area contributed by atoms with Crippen molar-refractivity contribution >= 4 is 5.69 Å². The zero-order valence-corrected chi connectivity index (χ0v) is 8.66. The Labute approximate surface area is 87.4 Å². The first-order valence-corrected chi connectivity index (χ1v) is 4.66. The van der Waals surface area contributed by atoms with Crippen molar-refractivity contribution in [1.29, 1.82) is 0 Å². The van der Waals surface area contributed by atoms with Crippen molar-refractivity contribution in [2.75, 3.05) is 5.73 Å². The lowest BCUT2D eigenvalue weighted by molar-refractivity contribution is 0.617. The van der Waals surface area contributed by atoms with Gasteiger partial charge in [-0.1, -0.05) is 0 Å². The van der Waals surface area contributed by atoms with E-state index in [1.165, 1.54) is 6.07 Å². The first kappa shape index (κ1) is 9.71. The number of aryl methyl sites for hydroxylation is 2. The van der Waals surface area contributed by atoms with Gasteiger partial charge in [0, 0.05) is 11.9 Å². The van der Waals surface area contributed by atoms with Crippen LogP contribution >= 0.6 is 0 Å². The number of hydrogen-bond acceptors (Lipinski definition) is 2. The molecule has 0 aliphatic carbocycles. The molecule has 0 spiro atoms. The van der Waals surface area contributed by atoms with Gasteiger partial charge in [-0.25, -0.2) is 9.37 Å². The molecular weight excluding hydrogens is 193 g/mol. The summed E-state index contributed by atoms with van der Waals surface area (Å²) in [6, 6.07) is 4.64. The quantitative estimate of drug-likeness (QED) is 0.725. The maximum Gasteiger partial charge on any atom is 0.149 e. The number of nitrogens with two attached hydrogens (primary N) is 1. The van der Waals surface area contributed by atoms with Crippen LogP contribution in [0.4, 0.5) is 10.1 Å². The van der Waals surface area contributed by atoms with E-state index in [9.17, 15) is 4.39 Å². The molecule has 15 heavy (non-hydrogen) atoms. The zero-order chi connectivity index (χ0) is 11.0. The van der Waals surface area contributed by atoms with E-state index in [2.05, 4.69) is 4.98 Å². The van der Waals surface area contributed by atoms with Gasteiger partial charge >= 0.3 is 0 Å². The maximum atomic E-state index is 13.6. The molecule has 0 fully saturated rings. The fourth-order valence-corrected chi connectivity index (χ4v) is 1.58. The van der Waals surface area contributed by atoms with E-state index in [1.54, 1.807) is 22.9 Å². The Kier molecular flexibility index (Phi) is 2.19. The molecule has 0 atom stereocenters. The van der Waals surface area contributed by atoms with Crippen LogP contribution in [-0.4, -0.2) is 9.55 Å². The number of rotatable bonds is 1. The summed E-state index contributed by atoms with van der Waals surface area (Å²) in [4.78, 5) is 4.22. The number of nitrogen functional groups attached to an aromatic ring is 1. The van der Waals surface area contributed by atoms with Gasteiger partial charge in [-0.2, -0.15) is 0 Å². The Bertz CT molecular complexity index is 503. The second kappa shape index (κ2) is 3.38. The summed E-state index contributed by atoms with van der Waals surface area (Å²) >= 11 is 0. The van der Waals surface area contributed by atoms with Gasteiger partial charge in [0.15, 0.2) is 0 Å². The minimum atomic E-state index is -0.338. The smallest absolute Gasteiger partial charge is 0.149 e. The van der Waals surface area contributed by atoms with Gasteiger partial charge in [0.2, 0.25) is 0 Å². The number of anilines is 1. The van der Waals surface area contributed by atoms with Crippen LogP contribution in [0.3, 0.4) is 0 Å². The third-order valence-electron chi connectivity index (χ3n) is 2.23. The number of halogens is 1. The van der Waals surface area contributed by atoms with Crippen molar-refractivity contribution in [3.05, 3.63) is 41.7 Å². The van der Waals surface area contributed by atoms with Gasteiger partial charge in [-0.15, -0.1) is 0 Å². The highest BCUT2D eigenvalue weighted by molar-refractivity contribution is 5.47. The van der Waals surface area contributed by atoms with Crippen LogP contribution < -0.4 is 5.73 Å². The molecule has 0 aliphatic rings. The Hall–Kier alpha value is -1.84. The molecule has 0 amide bonds. The van der Waals surface area contributed by atoms with Gasteiger partial charge in [0.1, 0.15) is 11.6 Å². The summed E-state index contributed by atoms with van der Waals surface area (Å²) < 4.78 is 15.3. The second-order valence-corrected chi connectivity index (χ2v) is 3.51. The van der Waals surface area contributed by atoms with Crippen molar-refractivity contribution in [3.8, 4) is 5.69 Å². The average molecular weight is 205 g/mol. The Balaban J connectivity index is 2.59. The van der Waals surface area contributed by atoms with Crippen LogP contribution in [0, 0.1) is 19.7 Å². The van der Waals surface area contributed by atoms with Crippen molar-refractivity contribution in [2.45, 2.75) is 13.8 Å². The lowest BCUT2D eigenvalue weighted by Gasteiger charge is -2.06. The molecule has 0 saturated heterocycles. The lowest BCUT2D eigenvalue weighted by Crippen LogP contribution is -1.99. The molecule has 3 nitrogen and oxygen atoms in total. The van der Waals surface area contributed by atoms with Crippen LogP contribution in [0.15, 0.2) is 24.4 Å². The normalized spacial score (nSPS) is 10.6. The molecule has 78 valence electrons. The second-order valence-electron chi connectivity index (χ2n) is 3.51. The molecule has 1 heterocycles. The van der Waals surface area contributed by atoms with Crippen LogP contribution in [-0.2, 0) is 0 Å². The first-order valence-electron chi connectivity index (χ1n) is 4.66. The van der Waals surface area contributed by atoms with Crippen molar-refractivity contribution in [3.63, 3.8) is 0 Å². The first-order chi connectivity index (χ1) is 7.08. The summed E-state index contributed by atoms with van der Waals surface area (Å²) in [5.41, 5.74) is 7.24. The minimum Gasteiger partial charge on any atom is -0.399 e. The van der Waals surface area contributed by atoms with Gasteiger partial charge in [-0.05, 0) is 32.0 Å². The Morgan fingerprint density at radius 1 is 1.33 bits per heavy atom. The largest absolute Gasteiger partial charge is 0.399 e. The highest BCUT2D eigenvalue weighted by atomic mass is 19.1. The monoisotopic (exact) mass is 205 g/mol. The van der Waals surface area contributed by atoms with Crippen LogP contribution in [0.2, 0.25) is 0 Å². The minimum absolute atomic E-state index is 0.338. The molecule has 2 N–H and O–H groups in total. The molecule has 0 radical (unpaired) electrons. The van der Waals surface area contributed by atoms with Gasteiger partial charge in [0.25, 0.3) is 0 Å². The topological polar surface area (TPSA) is 43.8 Å². The molecule has 0 unspecified atom stereocenters. The molecule has 0 saturated carbocycles. The standard InChI is InChI=1S/C11H12FN3/c1-7-6-15(8(2)14-7)11-4-3-9(13)5-10(11)12/h3-6H,13H2,1-2H3.